The summed E-state index contributed by atoms with van der Waals surface area (Å²) in [4.78, 5) is 0. The summed E-state index contributed by atoms with van der Waals surface area (Å²) < 4.78 is 25.0. The number of nitriles is 1. The van der Waals surface area contributed by atoms with Crippen LogP contribution < -0.4 is 5.73 Å². The Balaban J connectivity index is 2.22. The first kappa shape index (κ1) is 9.90. The van der Waals surface area contributed by atoms with Crippen molar-refractivity contribution < 1.29 is 8.42 Å². The minimum absolute atomic E-state index is 0.0179. The van der Waals surface area contributed by atoms with E-state index in [0.717, 1.165) is 6.42 Å². The summed E-state index contributed by atoms with van der Waals surface area (Å²) in [6, 6.07) is 1.69. The molecule has 0 amide bonds. The molecule has 0 spiro atoms. The molecule has 78 valence electrons. The van der Waals surface area contributed by atoms with Gasteiger partial charge in [-0.25, -0.2) is 8.42 Å². The Morgan fingerprint density at radius 1 is 1.64 bits per heavy atom. The van der Waals surface area contributed by atoms with Crippen LogP contribution in [-0.2, 0) is 10.0 Å². The third-order valence-corrected chi connectivity index (χ3v) is 5.35. The third-order valence-electron chi connectivity index (χ3n) is 3.27. The minimum atomic E-state index is -3.44. The van der Waals surface area contributed by atoms with Crippen LogP contribution in [0.3, 0.4) is 0 Å². The zero-order valence-corrected chi connectivity index (χ0v) is 8.74. The van der Waals surface area contributed by atoms with E-state index in [9.17, 15) is 8.42 Å². The molecule has 4 atom stereocenters. The number of nitrogens with two attached hydrogens (primary N) is 1. The van der Waals surface area contributed by atoms with Crippen LogP contribution in [0.4, 0.5) is 0 Å². The maximum atomic E-state index is 11.8. The van der Waals surface area contributed by atoms with Gasteiger partial charge in [-0.15, -0.1) is 0 Å². The van der Waals surface area contributed by atoms with Gasteiger partial charge in [0.05, 0.1) is 6.07 Å². The quantitative estimate of drug-likeness (QED) is 0.657. The van der Waals surface area contributed by atoms with Gasteiger partial charge in [-0.2, -0.15) is 9.57 Å². The smallest absolute Gasteiger partial charge is 0.230 e. The van der Waals surface area contributed by atoms with E-state index in [2.05, 4.69) is 0 Å². The molecule has 1 saturated carbocycles. The molecule has 3 aliphatic rings. The van der Waals surface area contributed by atoms with Crippen molar-refractivity contribution in [3.05, 3.63) is 0 Å². The fourth-order valence-electron chi connectivity index (χ4n) is 2.18. The minimum Gasteiger partial charge on any atom is -0.326 e. The molecule has 2 bridgehead atoms. The summed E-state index contributed by atoms with van der Waals surface area (Å²) in [7, 11) is -3.44. The summed E-state index contributed by atoms with van der Waals surface area (Å²) in [5, 5.41) is 7.65. The maximum absolute atomic E-state index is 11.8. The highest BCUT2D eigenvalue weighted by atomic mass is 32.2. The van der Waals surface area contributed by atoms with E-state index < -0.39 is 15.3 Å². The van der Waals surface area contributed by atoms with E-state index in [4.69, 9.17) is 11.0 Å². The van der Waals surface area contributed by atoms with Gasteiger partial charge in [0.25, 0.3) is 0 Å². The molecule has 6 heteroatoms. The second-order valence-corrected chi connectivity index (χ2v) is 6.23. The van der Waals surface area contributed by atoms with Crippen LogP contribution in [0.15, 0.2) is 0 Å². The monoisotopic (exact) mass is 215 g/mol. The van der Waals surface area contributed by atoms with Crippen LogP contribution in [0.2, 0.25) is 0 Å². The number of nitrogens with zero attached hydrogens (tertiary/aromatic N) is 2. The Hall–Kier alpha value is -0.640. The van der Waals surface area contributed by atoms with Crippen molar-refractivity contribution in [2.24, 2.45) is 11.7 Å². The van der Waals surface area contributed by atoms with Crippen LogP contribution in [0, 0.1) is 17.2 Å². The van der Waals surface area contributed by atoms with E-state index in [-0.39, 0.29) is 12.1 Å². The molecular weight excluding hydrogens is 202 g/mol. The molecule has 0 aromatic rings. The lowest BCUT2D eigenvalue weighted by Gasteiger charge is -2.33. The summed E-state index contributed by atoms with van der Waals surface area (Å²) in [5.41, 5.74) is 5.77. The highest BCUT2D eigenvalue weighted by Gasteiger charge is 2.55. The van der Waals surface area contributed by atoms with E-state index in [1.54, 1.807) is 6.07 Å². The van der Waals surface area contributed by atoms with E-state index >= 15 is 0 Å². The van der Waals surface area contributed by atoms with Gasteiger partial charge in [0.2, 0.25) is 10.0 Å². The molecule has 2 aliphatic heterocycles. The molecule has 0 aromatic carbocycles. The second kappa shape index (κ2) is 2.92. The first-order valence-electron chi connectivity index (χ1n) is 4.64. The van der Waals surface area contributed by atoms with E-state index in [1.807, 2.05) is 0 Å². The van der Waals surface area contributed by atoms with Gasteiger partial charge < -0.3 is 5.73 Å². The zero-order valence-electron chi connectivity index (χ0n) is 7.92. The molecular formula is C8H13N3O2S. The summed E-state index contributed by atoms with van der Waals surface area (Å²) in [5.74, 6) is 0.306. The first-order chi connectivity index (χ1) is 6.48. The average Bonchev–Trinajstić information content (AvgIpc) is 2.73. The number of sulfonamides is 1. The lowest BCUT2D eigenvalue weighted by Crippen LogP contribution is -2.51. The molecule has 2 N–H and O–H groups in total. The van der Waals surface area contributed by atoms with Gasteiger partial charge in [0, 0.05) is 18.6 Å². The van der Waals surface area contributed by atoms with Crippen LogP contribution in [0.1, 0.15) is 13.3 Å². The lowest BCUT2D eigenvalue weighted by molar-refractivity contribution is 0.270. The predicted molar refractivity (Wildman–Crippen MR) is 50.6 cm³/mol. The van der Waals surface area contributed by atoms with Crippen molar-refractivity contribution >= 4 is 10.0 Å². The number of hydrogen-bond donors (Lipinski definition) is 1. The number of rotatable bonds is 2. The highest BCUT2D eigenvalue weighted by molar-refractivity contribution is 7.90. The topological polar surface area (TPSA) is 87.2 Å². The highest BCUT2D eigenvalue weighted by Crippen LogP contribution is 2.41. The molecule has 14 heavy (non-hydrogen) atoms. The van der Waals surface area contributed by atoms with Gasteiger partial charge in [0.15, 0.2) is 5.25 Å². The third kappa shape index (κ3) is 1.10. The fourth-order valence-corrected chi connectivity index (χ4v) is 3.72. The van der Waals surface area contributed by atoms with Crippen molar-refractivity contribution in [3.63, 3.8) is 0 Å². The Morgan fingerprint density at radius 2 is 2.29 bits per heavy atom. The molecule has 2 heterocycles. The Bertz CT molecular complexity index is 386. The van der Waals surface area contributed by atoms with E-state index in [1.165, 1.54) is 11.2 Å². The lowest BCUT2D eigenvalue weighted by atomic mass is 9.81. The number of hydrogen-bond acceptors (Lipinski definition) is 4. The van der Waals surface area contributed by atoms with Crippen LogP contribution in [0.25, 0.3) is 0 Å². The van der Waals surface area contributed by atoms with Crippen LogP contribution in [0.5, 0.6) is 0 Å². The van der Waals surface area contributed by atoms with Gasteiger partial charge in [0.1, 0.15) is 0 Å². The number of fused-ring (bicyclic) bond motifs is 1. The Labute approximate surface area is 83.5 Å². The van der Waals surface area contributed by atoms with E-state index in [0.29, 0.717) is 12.5 Å². The van der Waals surface area contributed by atoms with Crippen LogP contribution >= 0.6 is 0 Å². The normalized spacial score (nSPS) is 38.8. The van der Waals surface area contributed by atoms with Crippen molar-refractivity contribution in [2.45, 2.75) is 30.7 Å². The summed E-state index contributed by atoms with van der Waals surface area (Å²) in [6.45, 7) is 1.91. The first-order valence-corrected chi connectivity index (χ1v) is 6.14. The molecule has 2 saturated heterocycles. The maximum Gasteiger partial charge on any atom is 0.230 e. The van der Waals surface area contributed by atoms with Crippen molar-refractivity contribution in [2.75, 3.05) is 6.54 Å². The fraction of sp³-hybridized carbons (Fsp3) is 0.875. The van der Waals surface area contributed by atoms with Crippen molar-refractivity contribution in [1.29, 1.82) is 5.26 Å². The predicted octanol–water partition coefficient (Wildman–Crippen LogP) is -0.740. The SMILES string of the molecule is CC(C#N)S(=O)(=O)N1CC2CC1C2N. The molecule has 4 unspecified atom stereocenters. The largest absolute Gasteiger partial charge is 0.326 e. The summed E-state index contributed by atoms with van der Waals surface area (Å²) in [6.07, 6.45) is 0.860. The second-order valence-electron chi connectivity index (χ2n) is 4.03. The van der Waals surface area contributed by atoms with Crippen LogP contribution in [-0.4, -0.2) is 36.6 Å². The molecule has 5 nitrogen and oxygen atoms in total. The Morgan fingerprint density at radius 3 is 2.64 bits per heavy atom. The Kier molecular flexibility index (Phi) is 2.07. The molecule has 3 fully saturated rings. The van der Waals surface area contributed by atoms with Gasteiger partial charge in [-0.05, 0) is 19.3 Å². The van der Waals surface area contributed by atoms with Crippen molar-refractivity contribution in [3.8, 4) is 6.07 Å². The van der Waals surface area contributed by atoms with Gasteiger partial charge in [-0.1, -0.05) is 0 Å². The standard InChI is InChI=1S/C8H13N3O2S/c1-5(3-9)14(12,13)11-4-6-2-7(11)8(6)10/h5-8H,2,4,10H2,1H3. The average molecular weight is 215 g/mol. The summed E-state index contributed by atoms with van der Waals surface area (Å²) >= 11 is 0. The van der Waals surface area contributed by atoms with Gasteiger partial charge in [-0.3, -0.25) is 0 Å². The molecule has 1 aliphatic carbocycles. The molecule has 0 aromatic heterocycles. The van der Waals surface area contributed by atoms with Crippen molar-refractivity contribution in [1.82, 2.24) is 4.31 Å². The zero-order chi connectivity index (χ0) is 10.5. The molecule has 0 radical (unpaired) electrons. The van der Waals surface area contributed by atoms with Gasteiger partial charge >= 0.3 is 0 Å². The molecule has 3 rings (SSSR count).